The number of nitrogens with zero attached hydrogens (tertiary/aromatic N) is 3. The predicted octanol–water partition coefficient (Wildman–Crippen LogP) is 5.27. The van der Waals surface area contributed by atoms with Gasteiger partial charge in [0.1, 0.15) is 11.6 Å². The fourth-order valence-corrected chi connectivity index (χ4v) is 3.45. The van der Waals surface area contributed by atoms with Crippen molar-refractivity contribution in [3.63, 3.8) is 0 Å². The molecule has 0 spiro atoms. The van der Waals surface area contributed by atoms with Gasteiger partial charge in [-0.05, 0) is 55.8 Å². The summed E-state index contributed by atoms with van der Waals surface area (Å²) >= 11 is 0. The molecule has 4 aromatic rings. The molecule has 1 heterocycles. The van der Waals surface area contributed by atoms with E-state index in [-0.39, 0.29) is 5.91 Å². The van der Waals surface area contributed by atoms with Crippen LogP contribution in [0.5, 0.6) is 5.75 Å². The molecule has 31 heavy (non-hydrogen) atoms. The number of carbonyl (C=O) groups is 1. The molecular weight excluding hydrogens is 388 g/mol. The van der Waals surface area contributed by atoms with Gasteiger partial charge in [0, 0.05) is 29.4 Å². The largest absolute Gasteiger partial charge is 0.493 e. The number of aryl methyl sites for hydroxylation is 1. The molecule has 6 nitrogen and oxygen atoms in total. The lowest BCUT2D eigenvalue weighted by Gasteiger charge is -2.09. The number of aromatic nitrogens is 2. The number of hydrogen-bond acceptors (Lipinski definition) is 4. The van der Waals surface area contributed by atoms with E-state index < -0.39 is 0 Å². The topological polar surface area (TPSA) is 79.9 Å². The van der Waals surface area contributed by atoms with E-state index in [2.05, 4.69) is 20.9 Å². The number of ether oxygens (including phenoxy) is 1. The third-order valence-corrected chi connectivity index (χ3v) is 4.89. The highest BCUT2D eigenvalue weighted by atomic mass is 16.5. The SMILES string of the molecule is Cc1nc2cc(C(=O)Nc3cccc(OCCCC#N)c3)ccc2n1-c1ccccc1. The van der Waals surface area contributed by atoms with Crippen LogP contribution in [-0.4, -0.2) is 22.1 Å². The molecule has 6 heteroatoms. The van der Waals surface area contributed by atoms with Crippen molar-refractivity contribution in [3.05, 3.63) is 84.2 Å². The fourth-order valence-electron chi connectivity index (χ4n) is 3.45. The first-order valence-corrected chi connectivity index (χ1v) is 10.1. The second kappa shape index (κ2) is 9.14. The average Bonchev–Trinajstić information content (AvgIpc) is 3.12. The maximum atomic E-state index is 12.8. The van der Waals surface area contributed by atoms with E-state index in [1.807, 2.05) is 61.5 Å². The van der Waals surface area contributed by atoms with Crippen LogP contribution >= 0.6 is 0 Å². The lowest BCUT2D eigenvalue weighted by molar-refractivity contribution is 0.102. The average molecular weight is 410 g/mol. The molecule has 0 unspecified atom stereocenters. The summed E-state index contributed by atoms with van der Waals surface area (Å²) in [5.41, 5.74) is 3.93. The molecule has 3 aromatic carbocycles. The molecule has 1 N–H and O–H groups in total. The number of carbonyl (C=O) groups excluding carboxylic acids is 1. The van der Waals surface area contributed by atoms with Crippen LogP contribution < -0.4 is 10.1 Å². The smallest absolute Gasteiger partial charge is 0.255 e. The van der Waals surface area contributed by atoms with Gasteiger partial charge in [-0.2, -0.15) is 5.26 Å². The summed E-state index contributed by atoms with van der Waals surface area (Å²) in [5.74, 6) is 1.30. The molecule has 0 fully saturated rings. The standard InChI is InChI=1S/C25H22N4O2/c1-18-27-23-16-19(12-13-24(23)29(18)21-9-3-2-4-10-21)25(30)28-20-8-7-11-22(17-20)31-15-6-5-14-26/h2-4,7-13,16-17H,5-6,15H2,1H3,(H,28,30). The first-order chi connectivity index (χ1) is 15.2. The fraction of sp³-hybridized carbons (Fsp3) is 0.160. The van der Waals surface area contributed by atoms with E-state index in [4.69, 9.17) is 10.00 Å². The first-order valence-electron chi connectivity index (χ1n) is 10.1. The van der Waals surface area contributed by atoms with Crippen molar-refractivity contribution in [2.75, 3.05) is 11.9 Å². The van der Waals surface area contributed by atoms with E-state index >= 15 is 0 Å². The lowest BCUT2D eigenvalue weighted by Crippen LogP contribution is -2.12. The van der Waals surface area contributed by atoms with Gasteiger partial charge >= 0.3 is 0 Å². The van der Waals surface area contributed by atoms with Crippen LogP contribution in [0.25, 0.3) is 16.7 Å². The van der Waals surface area contributed by atoms with Crippen molar-refractivity contribution in [3.8, 4) is 17.5 Å². The molecule has 0 radical (unpaired) electrons. The first kappa shape index (κ1) is 20.2. The van der Waals surface area contributed by atoms with Crippen molar-refractivity contribution in [2.45, 2.75) is 19.8 Å². The molecule has 154 valence electrons. The highest BCUT2D eigenvalue weighted by Gasteiger charge is 2.13. The Bertz CT molecular complexity index is 1260. The Kier molecular flexibility index (Phi) is 5.95. The normalized spacial score (nSPS) is 10.6. The Morgan fingerprint density at radius 2 is 1.94 bits per heavy atom. The Labute approximate surface area is 180 Å². The number of nitriles is 1. The quantitative estimate of drug-likeness (QED) is 0.421. The van der Waals surface area contributed by atoms with Crippen LogP contribution in [0.15, 0.2) is 72.8 Å². The summed E-state index contributed by atoms with van der Waals surface area (Å²) in [6.45, 7) is 2.42. The van der Waals surface area contributed by atoms with E-state index in [1.165, 1.54) is 0 Å². The molecule has 0 bridgehead atoms. The minimum atomic E-state index is -0.213. The number of fused-ring (bicyclic) bond motifs is 1. The summed E-state index contributed by atoms with van der Waals surface area (Å²) in [6, 6.07) is 24.9. The molecule has 0 aliphatic heterocycles. The lowest BCUT2D eigenvalue weighted by atomic mass is 10.1. The Morgan fingerprint density at radius 3 is 2.74 bits per heavy atom. The zero-order chi connectivity index (χ0) is 21.6. The number of amides is 1. The molecule has 0 atom stereocenters. The Hall–Kier alpha value is -4.11. The second-order valence-corrected chi connectivity index (χ2v) is 7.13. The summed E-state index contributed by atoms with van der Waals surface area (Å²) in [7, 11) is 0. The van der Waals surface area contributed by atoms with Gasteiger partial charge in [-0.1, -0.05) is 24.3 Å². The Morgan fingerprint density at radius 1 is 1.10 bits per heavy atom. The Balaban J connectivity index is 1.52. The number of anilines is 1. The van der Waals surface area contributed by atoms with E-state index in [0.29, 0.717) is 36.4 Å². The number of hydrogen-bond donors (Lipinski definition) is 1. The van der Waals surface area contributed by atoms with Crippen LogP contribution in [0, 0.1) is 18.3 Å². The van der Waals surface area contributed by atoms with Crippen LogP contribution in [0.4, 0.5) is 5.69 Å². The van der Waals surface area contributed by atoms with Crippen LogP contribution in [0.2, 0.25) is 0 Å². The zero-order valence-corrected chi connectivity index (χ0v) is 17.2. The predicted molar refractivity (Wildman–Crippen MR) is 121 cm³/mol. The molecule has 1 amide bonds. The van der Waals surface area contributed by atoms with E-state index in [1.54, 1.807) is 18.2 Å². The maximum Gasteiger partial charge on any atom is 0.255 e. The zero-order valence-electron chi connectivity index (χ0n) is 17.2. The molecule has 0 aliphatic rings. The van der Waals surface area contributed by atoms with Gasteiger partial charge in [-0.25, -0.2) is 4.98 Å². The van der Waals surface area contributed by atoms with E-state index in [9.17, 15) is 4.79 Å². The number of unbranched alkanes of at least 4 members (excludes halogenated alkanes) is 1. The molecular formula is C25H22N4O2. The summed E-state index contributed by atoms with van der Waals surface area (Å²) in [5, 5.41) is 11.5. The van der Waals surface area contributed by atoms with Gasteiger partial charge in [-0.15, -0.1) is 0 Å². The van der Waals surface area contributed by atoms with Gasteiger partial charge in [0.15, 0.2) is 0 Å². The summed E-state index contributed by atoms with van der Waals surface area (Å²) in [6.07, 6.45) is 1.13. The van der Waals surface area contributed by atoms with Crippen LogP contribution in [0.3, 0.4) is 0 Å². The third-order valence-electron chi connectivity index (χ3n) is 4.89. The van der Waals surface area contributed by atoms with Gasteiger partial charge in [0.25, 0.3) is 5.91 Å². The number of benzene rings is 3. The highest BCUT2D eigenvalue weighted by Crippen LogP contribution is 2.23. The summed E-state index contributed by atoms with van der Waals surface area (Å²) < 4.78 is 7.71. The van der Waals surface area contributed by atoms with Crippen molar-refractivity contribution in [1.29, 1.82) is 5.26 Å². The van der Waals surface area contributed by atoms with Gasteiger partial charge in [0.2, 0.25) is 0 Å². The van der Waals surface area contributed by atoms with Crippen molar-refractivity contribution in [2.24, 2.45) is 0 Å². The minimum absolute atomic E-state index is 0.213. The number of rotatable bonds is 7. The molecule has 0 saturated carbocycles. The van der Waals surface area contributed by atoms with Crippen molar-refractivity contribution in [1.82, 2.24) is 9.55 Å². The number of nitrogens with one attached hydrogen (secondary N) is 1. The molecule has 4 rings (SSSR count). The highest BCUT2D eigenvalue weighted by molar-refractivity contribution is 6.06. The monoisotopic (exact) mass is 410 g/mol. The van der Waals surface area contributed by atoms with E-state index in [0.717, 1.165) is 22.5 Å². The maximum absolute atomic E-state index is 12.8. The molecule has 0 aliphatic carbocycles. The van der Waals surface area contributed by atoms with Gasteiger partial charge in [-0.3, -0.25) is 9.36 Å². The third kappa shape index (κ3) is 4.57. The molecule has 0 saturated heterocycles. The number of imidazole rings is 1. The summed E-state index contributed by atoms with van der Waals surface area (Å²) in [4.78, 5) is 17.5. The second-order valence-electron chi connectivity index (χ2n) is 7.13. The van der Waals surface area contributed by atoms with Crippen molar-refractivity contribution >= 4 is 22.6 Å². The van der Waals surface area contributed by atoms with Gasteiger partial charge < -0.3 is 10.1 Å². The van der Waals surface area contributed by atoms with Gasteiger partial charge in [0.05, 0.1) is 23.7 Å². The molecule has 1 aromatic heterocycles. The van der Waals surface area contributed by atoms with Crippen molar-refractivity contribution < 1.29 is 9.53 Å². The van der Waals surface area contributed by atoms with Crippen LogP contribution in [0.1, 0.15) is 29.0 Å². The minimum Gasteiger partial charge on any atom is -0.493 e. The van der Waals surface area contributed by atoms with Crippen LogP contribution in [-0.2, 0) is 0 Å². The number of para-hydroxylation sites is 1.